The smallest absolute Gasteiger partial charge is 0.307 e. The van der Waals surface area contributed by atoms with Crippen molar-refractivity contribution in [1.82, 2.24) is 10.3 Å². The van der Waals surface area contributed by atoms with Gasteiger partial charge in [-0.3, -0.25) is 4.79 Å². The van der Waals surface area contributed by atoms with Crippen molar-refractivity contribution in [2.75, 3.05) is 26.2 Å². The minimum Gasteiger partial charge on any atom is -0.481 e. The molecule has 1 atom stereocenters. The number of hydrogen-bond donors (Lipinski definition) is 2. The Balaban J connectivity index is 1.56. The first kappa shape index (κ1) is 19.0. The summed E-state index contributed by atoms with van der Waals surface area (Å²) in [4.78, 5) is 13.3. The molecule has 0 spiro atoms. The van der Waals surface area contributed by atoms with E-state index in [0.717, 1.165) is 37.1 Å². The predicted octanol–water partition coefficient (Wildman–Crippen LogP) is 3.21. The molecule has 1 heterocycles. The summed E-state index contributed by atoms with van der Waals surface area (Å²) in [6.07, 6.45) is 3.28. The molecule has 0 aliphatic carbocycles. The summed E-state index contributed by atoms with van der Waals surface area (Å²) >= 11 is 0. The first-order chi connectivity index (χ1) is 13.1. The molecular weight excluding hydrogens is 345 g/mol. The highest BCUT2D eigenvalue weighted by atomic mass is 19.1. The van der Waals surface area contributed by atoms with Crippen molar-refractivity contribution in [3.05, 3.63) is 59.9 Å². The number of halogens is 1. The summed E-state index contributed by atoms with van der Waals surface area (Å²) in [5, 5.41) is 13.4. The largest absolute Gasteiger partial charge is 0.481 e. The van der Waals surface area contributed by atoms with E-state index in [4.69, 9.17) is 5.11 Å². The van der Waals surface area contributed by atoms with Gasteiger partial charge in [0.15, 0.2) is 0 Å². The molecule has 6 heteroatoms. The lowest BCUT2D eigenvalue weighted by atomic mass is 9.98. The molecule has 1 unspecified atom stereocenters. The molecule has 2 N–H and O–H groups in total. The lowest BCUT2D eigenvalue weighted by Gasteiger charge is -2.30. The van der Waals surface area contributed by atoms with Crippen LogP contribution in [0.25, 0.3) is 11.1 Å². The number of carboxylic acid groups (broad SMARTS) is 1. The number of carbonyl (C=O) groups is 1. The van der Waals surface area contributed by atoms with Crippen molar-refractivity contribution >= 4 is 12.2 Å². The van der Waals surface area contributed by atoms with Gasteiger partial charge < -0.3 is 15.4 Å². The Hall–Kier alpha value is -2.73. The maximum atomic E-state index is 13.6. The van der Waals surface area contributed by atoms with Gasteiger partial charge in [-0.2, -0.15) is 5.10 Å². The van der Waals surface area contributed by atoms with Crippen molar-refractivity contribution in [2.45, 2.75) is 12.8 Å². The number of aliphatic carboxylic acids is 1. The number of hydrogen-bond acceptors (Lipinski definition) is 4. The number of nitrogens with zero attached hydrogens (tertiary/aromatic N) is 2. The van der Waals surface area contributed by atoms with E-state index in [2.05, 4.69) is 15.4 Å². The molecule has 2 aromatic rings. The summed E-state index contributed by atoms with van der Waals surface area (Å²) in [5.41, 5.74) is 5.61. The van der Waals surface area contributed by atoms with Gasteiger partial charge in [-0.25, -0.2) is 4.39 Å². The van der Waals surface area contributed by atoms with Crippen LogP contribution in [0, 0.1) is 11.7 Å². The standard InChI is InChI=1S/C21H24FN3O2/c22-19-8-9-20(16-5-2-1-3-6-16)18(13-19)14-24-23-10-12-25-11-4-7-17(15-25)21(26)27/h1-3,5-6,8-9,13-14,17,23H,4,7,10-12,15H2,(H,26,27)/b24-14+. The molecule has 2 aromatic carbocycles. The quantitative estimate of drug-likeness (QED) is 0.447. The zero-order chi connectivity index (χ0) is 19.1. The molecule has 5 nitrogen and oxygen atoms in total. The zero-order valence-corrected chi connectivity index (χ0v) is 15.1. The van der Waals surface area contributed by atoms with Crippen molar-refractivity contribution in [1.29, 1.82) is 0 Å². The SMILES string of the molecule is O=C(O)C1CCCN(CCN/N=C/c2cc(F)ccc2-c2ccccc2)C1. The fraction of sp³-hybridized carbons (Fsp3) is 0.333. The first-order valence-corrected chi connectivity index (χ1v) is 9.19. The molecule has 3 rings (SSSR count). The molecule has 1 saturated heterocycles. The highest BCUT2D eigenvalue weighted by Crippen LogP contribution is 2.23. The summed E-state index contributed by atoms with van der Waals surface area (Å²) < 4.78 is 13.6. The summed E-state index contributed by atoms with van der Waals surface area (Å²) in [6.45, 7) is 2.84. The molecule has 142 valence electrons. The monoisotopic (exact) mass is 369 g/mol. The molecule has 0 aromatic heterocycles. The van der Waals surface area contributed by atoms with Gasteiger partial charge in [0.25, 0.3) is 0 Å². The Morgan fingerprint density at radius 3 is 2.89 bits per heavy atom. The normalized spacial score (nSPS) is 17.9. The minimum atomic E-state index is -0.717. The van der Waals surface area contributed by atoms with Crippen LogP contribution < -0.4 is 5.43 Å². The molecule has 0 saturated carbocycles. The van der Waals surface area contributed by atoms with Gasteiger partial charge in [0.2, 0.25) is 0 Å². The minimum absolute atomic E-state index is 0.275. The molecule has 0 amide bonds. The van der Waals surface area contributed by atoms with Crippen molar-refractivity contribution in [3.8, 4) is 11.1 Å². The van der Waals surface area contributed by atoms with Gasteiger partial charge >= 0.3 is 5.97 Å². The topological polar surface area (TPSA) is 64.9 Å². The number of carboxylic acids is 1. The van der Waals surface area contributed by atoms with Gasteiger partial charge in [0.05, 0.1) is 12.1 Å². The second-order valence-electron chi connectivity index (χ2n) is 6.74. The number of hydrazone groups is 1. The second kappa shape index (κ2) is 9.28. The zero-order valence-electron chi connectivity index (χ0n) is 15.1. The van der Waals surface area contributed by atoms with Crippen LogP contribution in [0.4, 0.5) is 4.39 Å². The molecule has 1 fully saturated rings. The van der Waals surface area contributed by atoms with E-state index in [1.54, 1.807) is 12.3 Å². The average molecular weight is 369 g/mol. The Kier molecular flexibility index (Phi) is 6.54. The van der Waals surface area contributed by atoms with E-state index in [1.165, 1.54) is 12.1 Å². The summed E-state index contributed by atoms with van der Waals surface area (Å²) in [5.74, 6) is -1.29. The molecule has 1 aliphatic heterocycles. The van der Waals surface area contributed by atoms with Gasteiger partial charge in [0.1, 0.15) is 5.82 Å². The predicted molar refractivity (Wildman–Crippen MR) is 104 cm³/mol. The summed E-state index contributed by atoms with van der Waals surface area (Å²) in [7, 11) is 0. The first-order valence-electron chi connectivity index (χ1n) is 9.19. The van der Waals surface area contributed by atoms with Crippen LogP contribution in [0.1, 0.15) is 18.4 Å². The molecule has 1 aliphatic rings. The van der Waals surface area contributed by atoms with Crippen LogP contribution in [-0.4, -0.2) is 48.4 Å². The Labute approximate surface area is 158 Å². The van der Waals surface area contributed by atoms with E-state index >= 15 is 0 Å². The van der Waals surface area contributed by atoms with Crippen LogP contribution in [-0.2, 0) is 4.79 Å². The highest BCUT2D eigenvalue weighted by molar-refractivity contribution is 5.90. The second-order valence-corrected chi connectivity index (χ2v) is 6.74. The van der Waals surface area contributed by atoms with Crippen molar-refractivity contribution < 1.29 is 14.3 Å². The van der Waals surface area contributed by atoms with Gasteiger partial charge in [-0.05, 0) is 42.6 Å². The number of benzene rings is 2. The Morgan fingerprint density at radius 2 is 2.11 bits per heavy atom. The van der Waals surface area contributed by atoms with Crippen LogP contribution >= 0.6 is 0 Å². The van der Waals surface area contributed by atoms with Gasteiger partial charge in [-0.1, -0.05) is 36.4 Å². The van der Waals surface area contributed by atoms with Crippen LogP contribution in [0.3, 0.4) is 0 Å². The van der Waals surface area contributed by atoms with Crippen molar-refractivity contribution in [2.24, 2.45) is 11.0 Å². The van der Waals surface area contributed by atoms with Gasteiger partial charge in [-0.15, -0.1) is 0 Å². The third-order valence-electron chi connectivity index (χ3n) is 4.79. The van der Waals surface area contributed by atoms with Crippen LogP contribution in [0.5, 0.6) is 0 Å². The lowest BCUT2D eigenvalue weighted by Crippen LogP contribution is -2.41. The summed E-state index contributed by atoms with van der Waals surface area (Å²) in [6, 6.07) is 14.5. The maximum Gasteiger partial charge on any atom is 0.307 e. The van der Waals surface area contributed by atoms with Crippen molar-refractivity contribution in [3.63, 3.8) is 0 Å². The van der Waals surface area contributed by atoms with E-state index in [-0.39, 0.29) is 11.7 Å². The number of likely N-dealkylation sites (tertiary alicyclic amines) is 1. The number of rotatable bonds is 7. The number of piperidine rings is 1. The fourth-order valence-corrected chi connectivity index (χ4v) is 3.37. The molecule has 0 radical (unpaired) electrons. The molecule has 27 heavy (non-hydrogen) atoms. The number of nitrogens with one attached hydrogen (secondary N) is 1. The lowest BCUT2D eigenvalue weighted by molar-refractivity contribution is -0.143. The third-order valence-corrected chi connectivity index (χ3v) is 4.79. The van der Waals surface area contributed by atoms with Gasteiger partial charge in [0, 0.05) is 25.2 Å². The third kappa shape index (κ3) is 5.37. The molecular formula is C21H24FN3O2. The maximum absolute atomic E-state index is 13.6. The van der Waals surface area contributed by atoms with E-state index in [9.17, 15) is 9.18 Å². The van der Waals surface area contributed by atoms with Crippen LogP contribution in [0.2, 0.25) is 0 Å². The van der Waals surface area contributed by atoms with E-state index in [0.29, 0.717) is 18.7 Å². The van der Waals surface area contributed by atoms with E-state index in [1.807, 2.05) is 30.3 Å². The highest BCUT2D eigenvalue weighted by Gasteiger charge is 2.24. The van der Waals surface area contributed by atoms with Crippen LogP contribution in [0.15, 0.2) is 53.6 Å². The fourth-order valence-electron chi connectivity index (χ4n) is 3.37. The average Bonchev–Trinajstić information content (AvgIpc) is 2.69. The molecule has 0 bridgehead atoms. The Morgan fingerprint density at radius 1 is 1.30 bits per heavy atom. The van der Waals surface area contributed by atoms with E-state index < -0.39 is 5.97 Å². The Bertz CT molecular complexity index is 795.